The fraction of sp³-hybridized carbons (Fsp3) is 0.474. The first-order valence-electron chi connectivity index (χ1n) is 8.54. The molecule has 0 fully saturated rings. The molecule has 0 saturated carbocycles. The van der Waals surface area contributed by atoms with Gasteiger partial charge in [0, 0.05) is 13.1 Å². The van der Waals surface area contributed by atoms with Crippen LogP contribution in [0.4, 0.5) is 10.6 Å². The van der Waals surface area contributed by atoms with Gasteiger partial charge in [0.25, 0.3) is 0 Å². The van der Waals surface area contributed by atoms with Crippen molar-refractivity contribution in [3.63, 3.8) is 0 Å². The van der Waals surface area contributed by atoms with Crippen LogP contribution in [0.15, 0.2) is 36.4 Å². The van der Waals surface area contributed by atoms with Crippen LogP contribution < -0.4 is 10.1 Å². The fourth-order valence-electron chi connectivity index (χ4n) is 2.10. The minimum Gasteiger partial charge on any atom is -0.477 e. The lowest BCUT2D eigenvalue weighted by Gasteiger charge is -2.21. The first kappa shape index (κ1) is 18.8. The van der Waals surface area contributed by atoms with Gasteiger partial charge in [0.2, 0.25) is 5.88 Å². The lowest BCUT2D eigenvalue weighted by Crippen LogP contribution is -2.15. The molecule has 0 aliphatic heterocycles. The average Bonchev–Trinajstić information content (AvgIpc) is 2.93. The number of rotatable bonds is 8. The van der Waals surface area contributed by atoms with Gasteiger partial charge in [-0.2, -0.15) is 0 Å². The summed E-state index contributed by atoms with van der Waals surface area (Å²) in [5, 5.41) is 6.93. The summed E-state index contributed by atoms with van der Waals surface area (Å²) in [4.78, 5) is 11.9. The summed E-state index contributed by atoms with van der Waals surface area (Å²) in [5.74, 6) is 1.02. The molecule has 1 amide bonds. The smallest absolute Gasteiger partial charge is 0.413 e. The SMILES string of the molecule is CCC(C)(C)CCOc1cc(NC(=O)OCc2ccccc2)n(C)n1. The second-order valence-electron chi connectivity index (χ2n) is 6.79. The zero-order valence-corrected chi connectivity index (χ0v) is 15.4. The zero-order chi connectivity index (χ0) is 18.3. The topological polar surface area (TPSA) is 65.4 Å². The summed E-state index contributed by atoms with van der Waals surface area (Å²) >= 11 is 0. The second kappa shape index (κ2) is 8.55. The fourth-order valence-corrected chi connectivity index (χ4v) is 2.10. The van der Waals surface area contributed by atoms with Gasteiger partial charge in [-0.1, -0.05) is 57.5 Å². The average molecular weight is 345 g/mol. The normalized spacial score (nSPS) is 11.2. The minimum atomic E-state index is -0.523. The Morgan fingerprint density at radius 3 is 2.68 bits per heavy atom. The highest BCUT2D eigenvalue weighted by Crippen LogP contribution is 2.25. The van der Waals surface area contributed by atoms with E-state index in [-0.39, 0.29) is 12.0 Å². The van der Waals surface area contributed by atoms with E-state index in [4.69, 9.17) is 9.47 Å². The number of benzene rings is 1. The number of hydrogen-bond donors (Lipinski definition) is 1. The number of hydrogen-bond acceptors (Lipinski definition) is 4. The molecule has 0 bridgehead atoms. The van der Waals surface area contributed by atoms with Crippen LogP contribution in [0.25, 0.3) is 0 Å². The highest BCUT2D eigenvalue weighted by Gasteiger charge is 2.16. The van der Waals surface area contributed by atoms with Gasteiger partial charge in [0.1, 0.15) is 12.4 Å². The number of aromatic nitrogens is 2. The highest BCUT2D eigenvalue weighted by molar-refractivity contribution is 5.83. The van der Waals surface area contributed by atoms with Gasteiger partial charge < -0.3 is 9.47 Å². The molecule has 1 heterocycles. The van der Waals surface area contributed by atoms with E-state index < -0.39 is 6.09 Å². The van der Waals surface area contributed by atoms with Gasteiger partial charge in [-0.3, -0.25) is 5.32 Å². The number of aryl methyl sites for hydroxylation is 1. The van der Waals surface area contributed by atoms with E-state index in [2.05, 4.69) is 31.2 Å². The maximum Gasteiger partial charge on any atom is 0.413 e. The van der Waals surface area contributed by atoms with Crippen LogP contribution >= 0.6 is 0 Å². The van der Waals surface area contributed by atoms with Crippen LogP contribution in [-0.4, -0.2) is 22.5 Å². The molecule has 0 saturated heterocycles. The minimum absolute atomic E-state index is 0.222. The molecule has 25 heavy (non-hydrogen) atoms. The highest BCUT2D eigenvalue weighted by atomic mass is 16.5. The third-order valence-corrected chi connectivity index (χ3v) is 4.29. The molecule has 0 radical (unpaired) electrons. The summed E-state index contributed by atoms with van der Waals surface area (Å²) in [7, 11) is 1.75. The molecule has 136 valence electrons. The molecule has 2 aromatic rings. The molecule has 0 atom stereocenters. The van der Waals surface area contributed by atoms with Crippen molar-refractivity contribution in [2.45, 2.75) is 40.2 Å². The summed E-state index contributed by atoms with van der Waals surface area (Å²) in [5.41, 5.74) is 1.18. The van der Waals surface area contributed by atoms with Crippen LogP contribution in [-0.2, 0) is 18.4 Å². The number of anilines is 1. The van der Waals surface area contributed by atoms with Crippen LogP contribution in [0, 0.1) is 5.41 Å². The molecular formula is C19H27N3O3. The van der Waals surface area contributed by atoms with Gasteiger partial charge in [-0.05, 0) is 17.4 Å². The molecular weight excluding hydrogens is 318 g/mol. The number of ether oxygens (including phenoxy) is 2. The van der Waals surface area contributed by atoms with Gasteiger partial charge >= 0.3 is 6.09 Å². The summed E-state index contributed by atoms with van der Waals surface area (Å²) in [6.45, 7) is 7.41. The number of nitrogens with one attached hydrogen (secondary N) is 1. The Morgan fingerprint density at radius 2 is 2.00 bits per heavy atom. The van der Waals surface area contributed by atoms with E-state index in [0.717, 1.165) is 18.4 Å². The Kier molecular flexibility index (Phi) is 6.44. The first-order chi connectivity index (χ1) is 11.9. The maximum absolute atomic E-state index is 11.9. The quantitative estimate of drug-likeness (QED) is 0.771. The van der Waals surface area contributed by atoms with Crippen molar-refractivity contribution in [3.05, 3.63) is 42.0 Å². The molecule has 6 heteroatoms. The van der Waals surface area contributed by atoms with Gasteiger partial charge in [0.15, 0.2) is 0 Å². The van der Waals surface area contributed by atoms with E-state index in [9.17, 15) is 4.79 Å². The standard InChI is InChI=1S/C19H27N3O3/c1-5-19(2,3)11-12-24-17-13-16(22(4)21-17)20-18(23)25-14-15-9-7-6-8-10-15/h6-10,13H,5,11-12,14H2,1-4H3,(H,20,23). The molecule has 1 aromatic carbocycles. The summed E-state index contributed by atoms with van der Waals surface area (Å²) in [6, 6.07) is 11.2. The maximum atomic E-state index is 11.9. The predicted octanol–water partition coefficient (Wildman–Crippen LogP) is 4.37. The molecule has 0 aliphatic rings. The van der Waals surface area contributed by atoms with Gasteiger partial charge in [-0.15, -0.1) is 5.10 Å². The zero-order valence-electron chi connectivity index (χ0n) is 15.4. The Hall–Kier alpha value is -2.50. The van der Waals surface area contributed by atoms with E-state index in [1.807, 2.05) is 30.3 Å². The van der Waals surface area contributed by atoms with Crippen molar-refractivity contribution in [1.82, 2.24) is 9.78 Å². The van der Waals surface area contributed by atoms with Crippen LogP contribution in [0.2, 0.25) is 0 Å². The van der Waals surface area contributed by atoms with Crippen molar-refractivity contribution < 1.29 is 14.3 Å². The molecule has 2 rings (SSSR count). The molecule has 6 nitrogen and oxygen atoms in total. The Labute approximate surface area is 149 Å². The summed E-state index contributed by atoms with van der Waals surface area (Å²) in [6.07, 6.45) is 1.52. The summed E-state index contributed by atoms with van der Waals surface area (Å²) < 4.78 is 12.5. The van der Waals surface area contributed by atoms with E-state index in [1.165, 1.54) is 0 Å². The Bertz CT molecular complexity index is 680. The second-order valence-corrected chi connectivity index (χ2v) is 6.79. The van der Waals surface area contributed by atoms with Crippen molar-refractivity contribution >= 4 is 11.9 Å². The van der Waals surface area contributed by atoms with E-state index in [1.54, 1.807) is 17.8 Å². The van der Waals surface area contributed by atoms with Crippen LogP contribution in [0.5, 0.6) is 5.88 Å². The van der Waals surface area contributed by atoms with Crippen molar-refractivity contribution in [2.24, 2.45) is 12.5 Å². The largest absolute Gasteiger partial charge is 0.477 e. The van der Waals surface area contributed by atoms with Crippen molar-refractivity contribution in [3.8, 4) is 5.88 Å². The van der Waals surface area contributed by atoms with Crippen molar-refractivity contribution in [2.75, 3.05) is 11.9 Å². The number of amides is 1. The van der Waals surface area contributed by atoms with Crippen molar-refractivity contribution in [1.29, 1.82) is 0 Å². The predicted molar refractivity (Wildman–Crippen MR) is 97.6 cm³/mol. The number of carbonyl (C=O) groups is 1. The van der Waals surface area contributed by atoms with Crippen LogP contribution in [0.1, 0.15) is 39.2 Å². The Balaban J connectivity index is 1.82. The third kappa shape index (κ3) is 6.14. The number of nitrogens with zero attached hydrogens (tertiary/aromatic N) is 2. The number of carbonyl (C=O) groups excluding carboxylic acids is 1. The van der Waals surface area contributed by atoms with Gasteiger partial charge in [-0.25, -0.2) is 9.48 Å². The first-order valence-corrected chi connectivity index (χ1v) is 8.54. The monoisotopic (exact) mass is 345 g/mol. The molecule has 1 N–H and O–H groups in total. The van der Waals surface area contributed by atoms with Crippen LogP contribution in [0.3, 0.4) is 0 Å². The van der Waals surface area contributed by atoms with Gasteiger partial charge in [0.05, 0.1) is 6.61 Å². The van der Waals surface area contributed by atoms with E-state index in [0.29, 0.717) is 18.3 Å². The molecule has 0 aliphatic carbocycles. The van der Waals surface area contributed by atoms with E-state index >= 15 is 0 Å². The third-order valence-electron chi connectivity index (χ3n) is 4.29. The lowest BCUT2D eigenvalue weighted by atomic mass is 9.87. The Morgan fingerprint density at radius 1 is 1.28 bits per heavy atom. The molecule has 1 aromatic heterocycles. The molecule has 0 spiro atoms. The lowest BCUT2D eigenvalue weighted by molar-refractivity contribution is 0.155. The molecule has 0 unspecified atom stereocenters.